The highest BCUT2D eigenvalue weighted by Crippen LogP contribution is 2.14. The molecule has 0 unspecified atom stereocenters. The molecule has 0 radical (unpaired) electrons. The van der Waals surface area contributed by atoms with Gasteiger partial charge in [-0.3, -0.25) is 4.79 Å². The summed E-state index contributed by atoms with van der Waals surface area (Å²) in [4.78, 5) is 11.5. The second-order valence-electron chi connectivity index (χ2n) is 2.75. The number of halogens is 1. The maximum Gasteiger partial charge on any atom is 0.277 e. The van der Waals surface area contributed by atoms with E-state index in [4.69, 9.17) is 0 Å². The van der Waals surface area contributed by atoms with Gasteiger partial charge in [0.25, 0.3) is 5.91 Å². The summed E-state index contributed by atoms with van der Waals surface area (Å²) < 4.78 is 8.57. The Labute approximate surface area is 98.8 Å². The van der Waals surface area contributed by atoms with Crippen LogP contribution in [0.1, 0.15) is 10.5 Å². The third kappa shape index (κ3) is 2.60. The zero-order valence-electron chi connectivity index (χ0n) is 7.48. The zero-order chi connectivity index (χ0) is 10.7. The van der Waals surface area contributed by atoms with Gasteiger partial charge in [-0.15, -0.1) is 0 Å². The van der Waals surface area contributed by atoms with Crippen LogP contribution in [0.4, 0.5) is 5.69 Å². The predicted octanol–water partition coefficient (Wildman–Crippen LogP) is 2.55. The van der Waals surface area contributed by atoms with Crippen molar-refractivity contribution < 1.29 is 4.79 Å². The van der Waals surface area contributed by atoms with Crippen LogP contribution in [-0.2, 0) is 0 Å². The van der Waals surface area contributed by atoms with Crippen molar-refractivity contribution in [2.24, 2.45) is 0 Å². The summed E-state index contributed by atoms with van der Waals surface area (Å²) in [5.74, 6) is -0.244. The Balaban J connectivity index is 2.09. The van der Waals surface area contributed by atoms with Crippen molar-refractivity contribution in [1.82, 2.24) is 8.75 Å². The van der Waals surface area contributed by atoms with E-state index in [0.717, 1.165) is 21.9 Å². The van der Waals surface area contributed by atoms with Crippen LogP contribution >= 0.6 is 27.7 Å². The second kappa shape index (κ2) is 4.50. The zero-order valence-corrected chi connectivity index (χ0v) is 9.88. The molecule has 0 saturated heterocycles. The Morgan fingerprint density at radius 1 is 1.33 bits per heavy atom. The Bertz CT molecular complexity index is 455. The van der Waals surface area contributed by atoms with Gasteiger partial charge in [-0.05, 0) is 24.3 Å². The molecule has 0 aliphatic heterocycles. The van der Waals surface area contributed by atoms with E-state index >= 15 is 0 Å². The van der Waals surface area contributed by atoms with Crippen molar-refractivity contribution in [2.75, 3.05) is 5.32 Å². The maximum atomic E-state index is 11.5. The molecule has 2 aromatic rings. The average molecular weight is 284 g/mol. The minimum atomic E-state index is -0.244. The van der Waals surface area contributed by atoms with E-state index in [2.05, 4.69) is 30.0 Å². The molecule has 0 aliphatic carbocycles. The summed E-state index contributed by atoms with van der Waals surface area (Å²) in [5, 5.41) is 2.72. The molecule has 1 amide bonds. The van der Waals surface area contributed by atoms with Gasteiger partial charge in [0.2, 0.25) is 0 Å². The second-order valence-corrected chi connectivity index (χ2v) is 4.23. The van der Waals surface area contributed by atoms with E-state index in [9.17, 15) is 4.79 Å². The predicted molar refractivity (Wildman–Crippen MR) is 62.0 cm³/mol. The number of hydrogen-bond donors (Lipinski definition) is 1. The maximum absolute atomic E-state index is 11.5. The standard InChI is InChI=1S/C9H6BrN3OS/c10-6-1-3-7(4-2-6)12-9(14)8-5-11-15-13-8/h1-5H,(H,12,14). The molecule has 0 fully saturated rings. The number of anilines is 1. The Morgan fingerprint density at radius 2 is 2.07 bits per heavy atom. The van der Waals surface area contributed by atoms with Crippen molar-refractivity contribution in [3.8, 4) is 0 Å². The SMILES string of the molecule is O=C(Nc1ccc(Br)cc1)c1cnsn1. The molecule has 76 valence electrons. The molecule has 0 atom stereocenters. The molecule has 1 N–H and O–H groups in total. The van der Waals surface area contributed by atoms with Crippen molar-refractivity contribution in [2.45, 2.75) is 0 Å². The number of nitrogens with zero attached hydrogens (tertiary/aromatic N) is 2. The molecule has 15 heavy (non-hydrogen) atoms. The van der Waals surface area contributed by atoms with Gasteiger partial charge in [0.15, 0.2) is 5.69 Å². The Morgan fingerprint density at radius 3 is 2.67 bits per heavy atom. The lowest BCUT2D eigenvalue weighted by atomic mass is 10.3. The van der Waals surface area contributed by atoms with Crippen molar-refractivity contribution in [1.29, 1.82) is 0 Å². The largest absolute Gasteiger partial charge is 0.321 e. The van der Waals surface area contributed by atoms with Gasteiger partial charge in [-0.2, -0.15) is 8.75 Å². The number of hydrogen-bond acceptors (Lipinski definition) is 4. The van der Waals surface area contributed by atoms with Gasteiger partial charge >= 0.3 is 0 Å². The third-order valence-electron chi connectivity index (χ3n) is 1.70. The topological polar surface area (TPSA) is 54.9 Å². The number of rotatable bonds is 2. The molecule has 2 rings (SSSR count). The molecule has 0 spiro atoms. The molecule has 0 aliphatic rings. The fourth-order valence-corrected chi connectivity index (χ4v) is 1.67. The van der Waals surface area contributed by atoms with Crippen LogP contribution in [0.15, 0.2) is 34.9 Å². The average Bonchev–Trinajstić information content (AvgIpc) is 2.74. The summed E-state index contributed by atoms with van der Waals surface area (Å²) in [7, 11) is 0. The van der Waals surface area contributed by atoms with Crippen LogP contribution in [0, 0.1) is 0 Å². The molecule has 1 heterocycles. The molecular weight excluding hydrogens is 278 g/mol. The van der Waals surface area contributed by atoms with Gasteiger partial charge < -0.3 is 5.32 Å². The van der Waals surface area contributed by atoms with E-state index in [1.165, 1.54) is 6.20 Å². The summed E-state index contributed by atoms with van der Waals surface area (Å²) in [6, 6.07) is 7.33. The van der Waals surface area contributed by atoms with E-state index in [1.807, 2.05) is 24.3 Å². The highest BCUT2D eigenvalue weighted by molar-refractivity contribution is 9.10. The fourth-order valence-electron chi connectivity index (χ4n) is 0.993. The first kappa shape index (κ1) is 10.3. The highest BCUT2D eigenvalue weighted by atomic mass is 79.9. The number of carbonyl (C=O) groups excluding carboxylic acids is 1. The van der Waals surface area contributed by atoms with Crippen molar-refractivity contribution in [3.05, 3.63) is 40.6 Å². The lowest BCUT2D eigenvalue weighted by Gasteiger charge is -2.01. The normalized spacial score (nSPS) is 9.93. The van der Waals surface area contributed by atoms with Gasteiger partial charge in [-0.25, -0.2) is 0 Å². The minimum absolute atomic E-state index is 0.244. The van der Waals surface area contributed by atoms with Crippen molar-refractivity contribution >= 4 is 39.3 Å². The molecular formula is C9H6BrN3OS. The molecule has 1 aromatic carbocycles. The quantitative estimate of drug-likeness (QED) is 0.922. The van der Waals surface area contributed by atoms with Gasteiger partial charge in [-0.1, -0.05) is 15.9 Å². The molecule has 6 heteroatoms. The number of benzene rings is 1. The molecule has 0 saturated carbocycles. The lowest BCUT2D eigenvalue weighted by Crippen LogP contribution is -2.11. The van der Waals surface area contributed by atoms with Crippen molar-refractivity contribution in [3.63, 3.8) is 0 Å². The third-order valence-corrected chi connectivity index (χ3v) is 2.70. The summed E-state index contributed by atoms with van der Waals surface area (Å²) in [6.45, 7) is 0. The van der Waals surface area contributed by atoms with Crippen LogP contribution in [0.2, 0.25) is 0 Å². The number of nitrogens with one attached hydrogen (secondary N) is 1. The summed E-state index contributed by atoms with van der Waals surface area (Å²) >= 11 is 4.33. The van der Waals surface area contributed by atoms with E-state index < -0.39 is 0 Å². The number of amides is 1. The molecule has 1 aromatic heterocycles. The van der Waals surface area contributed by atoms with Crippen LogP contribution in [0.3, 0.4) is 0 Å². The number of carbonyl (C=O) groups is 1. The summed E-state index contributed by atoms with van der Waals surface area (Å²) in [6.07, 6.45) is 1.44. The molecule has 4 nitrogen and oxygen atoms in total. The summed E-state index contributed by atoms with van der Waals surface area (Å²) in [5.41, 5.74) is 1.07. The van der Waals surface area contributed by atoms with E-state index in [0.29, 0.717) is 5.69 Å². The van der Waals surface area contributed by atoms with E-state index in [1.54, 1.807) is 0 Å². The van der Waals surface area contributed by atoms with Crippen LogP contribution in [0.5, 0.6) is 0 Å². The van der Waals surface area contributed by atoms with Gasteiger partial charge in [0.05, 0.1) is 17.9 Å². The van der Waals surface area contributed by atoms with Gasteiger partial charge in [0.1, 0.15) is 0 Å². The Hall–Kier alpha value is -1.27. The first-order valence-electron chi connectivity index (χ1n) is 4.10. The first-order valence-corrected chi connectivity index (χ1v) is 5.62. The van der Waals surface area contributed by atoms with Crippen LogP contribution in [-0.4, -0.2) is 14.7 Å². The minimum Gasteiger partial charge on any atom is -0.321 e. The Kier molecular flexibility index (Phi) is 3.08. The fraction of sp³-hybridized carbons (Fsp3) is 0. The first-order chi connectivity index (χ1) is 7.25. The van der Waals surface area contributed by atoms with Gasteiger partial charge in [0, 0.05) is 10.2 Å². The molecule has 0 bridgehead atoms. The highest BCUT2D eigenvalue weighted by Gasteiger charge is 2.08. The van der Waals surface area contributed by atoms with E-state index in [-0.39, 0.29) is 5.91 Å². The smallest absolute Gasteiger partial charge is 0.277 e. The van der Waals surface area contributed by atoms with Crippen LogP contribution < -0.4 is 5.32 Å². The monoisotopic (exact) mass is 283 g/mol. The lowest BCUT2D eigenvalue weighted by molar-refractivity contribution is 0.102. The number of aromatic nitrogens is 2. The van der Waals surface area contributed by atoms with Crippen LogP contribution in [0.25, 0.3) is 0 Å².